The van der Waals surface area contributed by atoms with E-state index in [0.717, 1.165) is 63.2 Å². The summed E-state index contributed by atoms with van der Waals surface area (Å²) in [6, 6.07) is 8.22. The molecule has 2 rings (SSSR count). The Balaban J connectivity index is 1.77. The average molecular weight is 348 g/mol. The first-order valence-corrected chi connectivity index (χ1v) is 9.40. The van der Waals surface area contributed by atoms with Gasteiger partial charge in [-0.3, -0.25) is 4.79 Å². The van der Waals surface area contributed by atoms with E-state index in [0.29, 0.717) is 5.92 Å². The molecule has 1 unspecified atom stereocenters. The number of rotatable bonds is 8. The summed E-state index contributed by atoms with van der Waals surface area (Å²) in [7, 11) is 5.07. The van der Waals surface area contributed by atoms with Gasteiger partial charge in [0.25, 0.3) is 5.97 Å². The maximum absolute atomic E-state index is 11.8. The molecule has 0 amide bonds. The van der Waals surface area contributed by atoms with Crippen molar-refractivity contribution in [3.8, 4) is 0 Å². The van der Waals surface area contributed by atoms with Gasteiger partial charge in [0.1, 0.15) is 0 Å². The van der Waals surface area contributed by atoms with E-state index in [2.05, 4.69) is 28.6 Å². The van der Waals surface area contributed by atoms with Crippen LogP contribution in [0.3, 0.4) is 0 Å². The molecule has 0 aliphatic carbocycles. The van der Waals surface area contributed by atoms with Gasteiger partial charge in [0, 0.05) is 5.02 Å². The SMILES string of the molecule is [B]OC(=O)C(CCCC)CCN1CCC(c2ccc(Cl)cc2)CC1. The lowest BCUT2D eigenvalue weighted by Gasteiger charge is -2.33. The van der Waals surface area contributed by atoms with Gasteiger partial charge in [0.15, 0.2) is 0 Å². The smallest absolute Gasteiger partial charge is 0.378 e. The highest BCUT2D eigenvalue weighted by Crippen LogP contribution is 2.29. The third-order valence-corrected chi connectivity index (χ3v) is 5.33. The van der Waals surface area contributed by atoms with E-state index in [4.69, 9.17) is 19.7 Å². The molecule has 1 aromatic rings. The molecule has 0 spiro atoms. The number of benzene rings is 1. The number of hydrogen-bond donors (Lipinski definition) is 0. The van der Waals surface area contributed by atoms with Crippen LogP contribution in [0, 0.1) is 5.92 Å². The molecule has 1 atom stereocenters. The van der Waals surface area contributed by atoms with E-state index in [-0.39, 0.29) is 11.9 Å². The summed E-state index contributed by atoms with van der Waals surface area (Å²) in [6.07, 6.45) is 6.14. The van der Waals surface area contributed by atoms with Crippen molar-refractivity contribution >= 4 is 25.6 Å². The lowest BCUT2D eigenvalue weighted by molar-refractivity contribution is -0.139. The second-order valence-corrected chi connectivity index (χ2v) is 7.17. The van der Waals surface area contributed by atoms with Gasteiger partial charge in [0.05, 0.1) is 5.92 Å². The predicted molar refractivity (Wildman–Crippen MR) is 99.3 cm³/mol. The molecular weight excluding hydrogens is 320 g/mol. The number of hydrogen-bond acceptors (Lipinski definition) is 3. The van der Waals surface area contributed by atoms with Crippen LogP contribution in [-0.2, 0) is 9.45 Å². The van der Waals surface area contributed by atoms with Gasteiger partial charge in [-0.25, -0.2) is 0 Å². The summed E-state index contributed by atoms with van der Waals surface area (Å²) < 4.78 is 4.47. The first kappa shape index (κ1) is 19.3. The van der Waals surface area contributed by atoms with E-state index in [1.807, 2.05) is 12.1 Å². The maximum Gasteiger partial charge on any atom is 0.378 e. The van der Waals surface area contributed by atoms with Crippen molar-refractivity contribution in [2.24, 2.45) is 5.92 Å². The molecule has 1 aliphatic heterocycles. The zero-order valence-corrected chi connectivity index (χ0v) is 15.3. The van der Waals surface area contributed by atoms with E-state index in [1.165, 1.54) is 5.56 Å². The van der Waals surface area contributed by atoms with Crippen LogP contribution in [0.5, 0.6) is 0 Å². The Hall–Kier alpha value is -0.995. The molecule has 1 aromatic carbocycles. The van der Waals surface area contributed by atoms with Crippen LogP contribution in [0.4, 0.5) is 0 Å². The standard InChI is InChI=1S/C19H27BClNO2/c1-2-3-4-17(19(23)24-20)11-14-22-12-9-16(10-13-22)15-5-7-18(21)8-6-15/h5-8,16-17H,2-4,9-14H2,1H3. The summed E-state index contributed by atoms with van der Waals surface area (Å²) in [5.41, 5.74) is 1.38. The fraction of sp³-hybridized carbons (Fsp3) is 0.632. The zero-order chi connectivity index (χ0) is 17.4. The number of unbranched alkanes of at least 4 members (excludes halogenated alkanes) is 1. The first-order chi connectivity index (χ1) is 11.6. The quantitative estimate of drug-likeness (QED) is 0.655. The largest absolute Gasteiger partial charge is 0.543 e. The number of nitrogens with zero attached hydrogens (tertiary/aromatic N) is 1. The van der Waals surface area contributed by atoms with Crippen molar-refractivity contribution in [3.63, 3.8) is 0 Å². The van der Waals surface area contributed by atoms with Gasteiger partial charge in [0.2, 0.25) is 0 Å². The second kappa shape index (κ2) is 10.1. The first-order valence-electron chi connectivity index (χ1n) is 9.02. The number of likely N-dealkylation sites (tertiary alicyclic amines) is 1. The highest BCUT2D eigenvalue weighted by atomic mass is 35.5. The van der Waals surface area contributed by atoms with Crippen LogP contribution in [0.25, 0.3) is 0 Å². The van der Waals surface area contributed by atoms with Gasteiger partial charge in [-0.2, -0.15) is 0 Å². The van der Waals surface area contributed by atoms with Gasteiger partial charge in [-0.1, -0.05) is 43.5 Å². The second-order valence-electron chi connectivity index (χ2n) is 6.73. The molecule has 3 nitrogen and oxygen atoms in total. The molecule has 0 saturated carbocycles. The Kier molecular flexibility index (Phi) is 8.13. The molecule has 1 aliphatic rings. The van der Waals surface area contributed by atoms with Crippen LogP contribution in [-0.4, -0.2) is 38.6 Å². The monoisotopic (exact) mass is 347 g/mol. The van der Waals surface area contributed by atoms with E-state index >= 15 is 0 Å². The van der Waals surface area contributed by atoms with Crippen LogP contribution in [0.15, 0.2) is 24.3 Å². The van der Waals surface area contributed by atoms with Crippen LogP contribution >= 0.6 is 11.6 Å². The topological polar surface area (TPSA) is 29.5 Å². The Labute approximate surface area is 152 Å². The van der Waals surface area contributed by atoms with E-state index in [1.54, 1.807) is 0 Å². The highest BCUT2D eigenvalue weighted by molar-refractivity contribution is 6.30. The van der Waals surface area contributed by atoms with Crippen LogP contribution in [0.2, 0.25) is 5.02 Å². The predicted octanol–water partition coefficient (Wildman–Crippen LogP) is 4.34. The number of piperidine rings is 1. The van der Waals surface area contributed by atoms with E-state index < -0.39 is 0 Å². The minimum atomic E-state index is -0.264. The molecule has 1 heterocycles. The van der Waals surface area contributed by atoms with Crippen LogP contribution in [0.1, 0.15) is 56.9 Å². The molecule has 1 fully saturated rings. The van der Waals surface area contributed by atoms with Crippen molar-refractivity contribution in [1.29, 1.82) is 0 Å². The minimum Gasteiger partial charge on any atom is -0.543 e. The summed E-state index contributed by atoms with van der Waals surface area (Å²) in [5, 5.41) is 0.793. The van der Waals surface area contributed by atoms with Crippen molar-refractivity contribution < 1.29 is 9.45 Å². The van der Waals surface area contributed by atoms with Crippen molar-refractivity contribution in [1.82, 2.24) is 4.90 Å². The molecule has 2 radical (unpaired) electrons. The lowest BCUT2D eigenvalue weighted by atomic mass is 9.89. The van der Waals surface area contributed by atoms with Gasteiger partial charge >= 0.3 is 8.05 Å². The van der Waals surface area contributed by atoms with Crippen molar-refractivity contribution in [2.45, 2.75) is 51.4 Å². The van der Waals surface area contributed by atoms with Crippen molar-refractivity contribution in [3.05, 3.63) is 34.9 Å². The third kappa shape index (κ3) is 5.82. The van der Waals surface area contributed by atoms with Crippen LogP contribution < -0.4 is 0 Å². The number of carbonyl (C=O) groups is 1. The molecule has 0 N–H and O–H groups in total. The molecule has 5 heteroatoms. The van der Waals surface area contributed by atoms with Crippen molar-refractivity contribution in [2.75, 3.05) is 19.6 Å². The Morgan fingerprint density at radius 3 is 2.54 bits per heavy atom. The zero-order valence-electron chi connectivity index (χ0n) is 14.5. The number of carbonyl (C=O) groups excluding carboxylic acids is 1. The highest BCUT2D eigenvalue weighted by Gasteiger charge is 2.23. The Bertz CT molecular complexity index is 501. The maximum atomic E-state index is 11.8. The van der Waals surface area contributed by atoms with Gasteiger partial charge in [-0.15, -0.1) is 0 Å². The fourth-order valence-electron chi connectivity index (χ4n) is 3.49. The fourth-order valence-corrected chi connectivity index (χ4v) is 3.62. The summed E-state index contributed by atoms with van der Waals surface area (Å²) in [4.78, 5) is 14.2. The van der Waals surface area contributed by atoms with Gasteiger partial charge in [-0.05, 0) is 68.9 Å². The average Bonchev–Trinajstić information content (AvgIpc) is 2.62. The van der Waals surface area contributed by atoms with E-state index in [9.17, 15) is 4.79 Å². The summed E-state index contributed by atoms with van der Waals surface area (Å²) >= 11 is 5.96. The Morgan fingerprint density at radius 2 is 1.96 bits per heavy atom. The summed E-state index contributed by atoms with van der Waals surface area (Å²) in [5.74, 6) is 0.284. The Morgan fingerprint density at radius 1 is 1.29 bits per heavy atom. The van der Waals surface area contributed by atoms with Gasteiger partial charge < -0.3 is 9.55 Å². The molecular formula is C19H27BClNO2. The molecule has 1 saturated heterocycles. The summed E-state index contributed by atoms with van der Waals surface area (Å²) in [6.45, 7) is 5.22. The normalized spacial score (nSPS) is 17.6. The molecule has 0 aromatic heterocycles. The molecule has 130 valence electrons. The third-order valence-electron chi connectivity index (χ3n) is 5.08. The lowest BCUT2D eigenvalue weighted by Crippen LogP contribution is -2.35. The molecule has 0 bridgehead atoms. The number of halogens is 1. The molecule has 24 heavy (non-hydrogen) atoms. The minimum absolute atomic E-state index is 0.0658.